The van der Waals surface area contributed by atoms with Crippen LogP contribution in [0.3, 0.4) is 0 Å². The number of rotatable bonds is 6. The van der Waals surface area contributed by atoms with Gasteiger partial charge in [0.1, 0.15) is 17.9 Å². The summed E-state index contributed by atoms with van der Waals surface area (Å²) in [5, 5.41) is 3.88. The molecule has 146 valence electrons. The first-order valence-corrected chi connectivity index (χ1v) is 9.20. The summed E-state index contributed by atoms with van der Waals surface area (Å²) in [6.07, 6.45) is 2.53. The van der Waals surface area contributed by atoms with Gasteiger partial charge in [0, 0.05) is 22.6 Å². The molecule has 6 heteroatoms. The molecule has 0 aliphatic carbocycles. The fourth-order valence-electron chi connectivity index (χ4n) is 3.02. The quantitative estimate of drug-likeness (QED) is 0.221. The number of carbonyl (C=O) groups is 2. The van der Waals surface area contributed by atoms with Gasteiger partial charge in [-0.3, -0.25) is 4.79 Å². The van der Waals surface area contributed by atoms with Gasteiger partial charge in [-0.15, -0.1) is 0 Å². The maximum Gasteiger partial charge on any atom is 0.335 e. The summed E-state index contributed by atoms with van der Waals surface area (Å²) in [6, 6.07) is 21.3. The van der Waals surface area contributed by atoms with E-state index in [1.165, 1.54) is 6.33 Å². The second-order valence-corrected chi connectivity index (χ2v) is 6.39. The summed E-state index contributed by atoms with van der Waals surface area (Å²) in [7, 11) is 0. The van der Waals surface area contributed by atoms with E-state index in [4.69, 9.17) is 4.74 Å². The second kappa shape index (κ2) is 8.36. The van der Waals surface area contributed by atoms with Crippen molar-refractivity contribution in [1.29, 1.82) is 0 Å². The Balaban J connectivity index is 1.73. The lowest BCUT2D eigenvalue weighted by Crippen LogP contribution is -2.06. The first-order valence-electron chi connectivity index (χ1n) is 9.20. The molecule has 0 fully saturated rings. The third-order valence-corrected chi connectivity index (χ3v) is 4.45. The van der Waals surface area contributed by atoms with Gasteiger partial charge in [0.2, 0.25) is 0 Å². The third kappa shape index (κ3) is 3.93. The smallest absolute Gasteiger partial charge is 0.335 e. The Morgan fingerprint density at radius 2 is 1.70 bits per heavy atom. The van der Waals surface area contributed by atoms with Gasteiger partial charge in [-0.05, 0) is 30.3 Å². The molecule has 1 N–H and O–H groups in total. The normalized spacial score (nSPS) is 10.4. The zero-order valence-electron chi connectivity index (χ0n) is 15.9. The van der Waals surface area contributed by atoms with Gasteiger partial charge < -0.3 is 10.1 Å². The van der Waals surface area contributed by atoms with Gasteiger partial charge in [0.05, 0.1) is 11.2 Å². The first kappa shape index (κ1) is 19.0. The topological polar surface area (TPSA) is 81.2 Å². The Labute approximate surface area is 172 Å². The van der Waals surface area contributed by atoms with Crippen LogP contribution in [0.25, 0.3) is 10.9 Å². The second-order valence-electron chi connectivity index (χ2n) is 6.39. The number of benzene rings is 3. The van der Waals surface area contributed by atoms with Gasteiger partial charge >= 0.3 is 5.97 Å². The van der Waals surface area contributed by atoms with Crippen LogP contribution in [0.15, 0.2) is 91.8 Å². The summed E-state index contributed by atoms with van der Waals surface area (Å²) in [5.41, 5.74) is 2.39. The largest absolute Gasteiger partial charge is 0.423 e. The van der Waals surface area contributed by atoms with E-state index in [-0.39, 0.29) is 5.78 Å². The van der Waals surface area contributed by atoms with E-state index in [9.17, 15) is 9.59 Å². The van der Waals surface area contributed by atoms with Gasteiger partial charge in [-0.2, -0.15) is 0 Å². The number of para-hydroxylation sites is 1. The number of carbonyl (C=O) groups excluding carboxylic acids is 2. The molecule has 0 spiro atoms. The number of hydrogen-bond acceptors (Lipinski definition) is 6. The fraction of sp³-hybridized carbons (Fsp3) is 0. The SMILES string of the molecule is C=CC(=O)Oc1ccc2ncnc(Nc3ccccc3C(=O)c3ccccc3)c2c1. The lowest BCUT2D eigenvalue weighted by molar-refractivity contribution is -0.128. The Bertz CT molecular complexity index is 1250. The van der Waals surface area contributed by atoms with E-state index in [0.29, 0.717) is 39.3 Å². The number of aromatic nitrogens is 2. The van der Waals surface area contributed by atoms with Crippen molar-refractivity contribution in [1.82, 2.24) is 9.97 Å². The molecule has 0 saturated heterocycles. The zero-order valence-corrected chi connectivity index (χ0v) is 15.9. The number of esters is 1. The van der Waals surface area contributed by atoms with E-state index < -0.39 is 5.97 Å². The number of nitrogens with zero attached hydrogens (tertiary/aromatic N) is 2. The maximum absolute atomic E-state index is 13.0. The van der Waals surface area contributed by atoms with Crippen LogP contribution in [0.5, 0.6) is 5.75 Å². The van der Waals surface area contributed by atoms with Crippen molar-refractivity contribution in [3.05, 3.63) is 103 Å². The lowest BCUT2D eigenvalue weighted by Gasteiger charge is -2.13. The number of fused-ring (bicyclic) bond motifs is 1. The predicted molar refractivity (Wildman–Crippen MR) is 115 cm³/mol. The summed E-state index contributed by atoms with van der Waals surface area (Å²) >= 11 is 0. The van der Waals surface area contributed by atoms with Crippen LogP contribution in [-0.2, 0) is 4.79 Å². The van der Waals surface area contributed by atoms with Gasteiger partial charge in [-0.25, -0.2) is 14.8 Å². The van der Waals surface area contributed by atoms with Gasteiger partial charge in [0.15, 0.2) is 5.78 Å². The van der Waals surface area contributed by atoms with Crippen LogP contribution < -0.4 is 10.1 Å². The van der Waals surface area contributed by atoms with Crippen molar-refractivity contribution in [2.45, 2.75) is 0 Å². The van der Waals surface area contributed by atoms with Crippen molar-refractivity contribution in [2.75, 3.05) is 5.32 Å². The molecule has 4 aromatic rings. The summed E-state index contributed by atoms with van der Waals surface area (Å²) in [5.74, 6) is 0.181. The lowest BCUT2D eigenvalue weighted by atomic mass is 10.0. The summed E-state index contributed by atoms with van der Waals surface area (Å²) in [4.78, 5) is 33.1. The Morgan fingerprint density at radius 1 is 0.933 bits per heavy atom. The average Bonchev–Trinajstić information content (AvgIpc) is 2.80. The highest BCUT2D eigenvalue weighted by atomic mass is 16.5. The molecule has 1 heterocycles. The molecule has 0 amide bonds. The Morgan fingerprint density at radius 3 is 2.50 bits per heavy atom. The van der Waals surface area contributed by atoms with Crippen molar-refractivity contribution in [3.63, 3.8) is 0 Å². The molecule has 0 bridgehead atoms. The van der Waals surface area contributed by atoms with Crippen LogP contribution in [0.4, 0.5) is 11.5 Å². The van der Waals surface area contributed by atoms with Crippen LogP contribution in [-0.4, -0.2) is 21.7 Å². The van der Waals surface area contributed by atoms with E-state index >= 15 is 0 Å². The highest BCUT2D eigenvalue weighted by Crippen LogP contribution is 2.29. The monoisotopic (exact) mass is 395 g/mol. The number of anilines is 2. The van der Waals surface area contributed by atoms with E-state index in [2.05, 4.69) is 21.9 Å². The maximum atomic E-state index is 13.0. The van der Waals surface area contributed by atoms with E-state index in [1.807, 2.05) is 36.4 Å². The molecule has 30 heavy (non-hydrogen) atoms. The number of ether oxygens (including phenoxy) is 1. The van der Waals surface area contributed by atoms with Crippen LogP contribution in [0, 0.1) is 0 Å². The Hall–Kier alpha value is -4.32. The molecule has 0 aliphatic heterocycles. The number of hydrogen-bond donors (Lipinski definition) is 1. The van der Waals surface area contributed by atoms with Crippen molar-refractivity contribution < 1.29 is 14.3 Å². The van der Waals surface area contributed by atoms with Gasteiger partial charge in [-0.1, -0.05) is 49.0 Å². The molecule has 0 atom stereocenters. The molecule has 1 aromatic heterocycles. The van der Waals surface area contributed by atoms with Crippen molar-refractivity contribution >= 4 is 34.2 Å². The Kier molecular flexibility index (Phi) is 5.30. The molecule has 0 aliphatic rings. The molecule has 0 unspecified atom stereocenters. The highest BCUT2D eigenvalue weighted by Gasteiger charge is 2.15. The first-order chi connectivity index (χ1) is 14.7. The molecule has 0 radical (unpaired) electrons. The van der Waals surface area contributed by atoms with Crippen molar-refractivity contribution in [3.8, 4) is 5.75 Å². The fourth-order valence-corrected chi connectivity index (χ4v) is 3.02. The average molecular weight is 395 g/mol. The van der Waals surface area contributed by atoms with Crippen molar-refractivity contribution in [2.24, 2.45) is 0 Å². The highest BCUT2D eigenvalue weighted by molar-refractivity contribution is 6.13. The minimum atomic E-state index is -0.556. The van der Waals surface area contributed by atoms with Gasteiger partial charge in [0.25, 0.3) is 0 Å². The van der Waals surface area contributed by atoms with Crippen LogP contribution in [0.2, 0.25) is 0 Å². The molecule has 3 aromatic carbocycles. The molecule has 6 nitrogen and oxygen atoms in total. The number of ketones is 1. The van der Waals surface area contributed by atoms with Crippen LogP contribution in [0.1, 0.15) is 15.9 Å². The standard InChI is InChI=1S/C24H17N3O3/c1-2-22(28)30-17-12-13-20-19(14-17)24(26-15-25-20)27-21-11-7-6-10-18(21)23(29)16-8-4-3-5-9-16/h2-15H,1H2,(H,25,26,27). The van der Waals surface area contributed by atoms with E-state index in [1.54, 1.807) is 36.4 Å². The summed E-state index contributed by atoms with van der Waals surface area (Å²) in [6.45, 7) is 3.40. The minimum Gasteiger partial charge on any atom is -0.423 e. The molecule has 4 rings (SSSR count). The molecular formula is C24H17N3O3. The summed E-state index contributed by atoms with van der Waals surface area (Å²) < 4.78 is 5.20. The zero-order chi connectivity index (χ0) is 20.9. The molecular weight excluding hydrogens is 378 g/mol. The van der Waals surface area contributed by atoms with E-state index in [0.717, 1.165) is 6.08 Å². The predicted octanol–water partition coefficient (Wildman–Crippen LogP) is 4.70. The third-order valence-electron chi connectivity index (χ3n) is 4.45. The number of nitrogens with one attached hydrogen (secondary N) is 1. The van der Waals surface area contributed by atoms with Crippen LogP contribution >= 0.6 is 0 Å². The molecule has 0 saturated carbocycles. The minimum absolute atomic E-state index is 0.0994.